The lowest BCUT2D eigenvalue weighted by Gasteiger charge is -2.28. The van der Waals surface area contributed by atoms with Crippen LogP contribution in [-0.4, -0.2) is 27.5 Å². The van der Waals surface area contributed by atoms with Crippen LogP contribution in [0.2, 0.25) is 0 Å². The molecule has 1 aliphatic heterocycles. The Bertz CT molecular complexity index is 491. The van der Waals surface area contributed by atoms with Gasteiger partial charge in [0.05, 0.1) is 17.5 Å². The Morgan fingerprint density at radius 2 is 2.44 bits per heavy atom. The number of aromatic nitrogens is 2. The number of likely N-dealkylation sites (N-methyl/N-ethyl adjacent to an activating group) is 1. The molecule has 5 heteroatoms. The maximum absolute atomic E-state index is 5.45. The van der Waals surface area contributed by atoms with Crippen molar-refractivity contribution < 1.29 is 4.52 Å². The molecule has 0 fully saturated rings. The summed E-state index contributed by atoms with van der Waals surface area (Å²) in [7, 11) is 2.14. The van der Waals surface area contributed by atoms with Gasteiger partial charge in [0.1, 0.15) is 0 Å². The summed E-state index contributed by atoms with van der Waals surface area (Å²) in [4.78, 5) is 2.32. The fourth-order valence-corrected chi connectivity index (χ4v) is 2.57. The quantitative estimate of drug-likeness (QED) is 0.759. The minimum Gasteiger partial charge on any atom is -0.356 e. The molecule has 3 rings (SSSR count). The molecule has 1 aliphatic rings. The minimum absolute atomic E-state index is 0.533. The SMILES string of the molecule is C[C@H]1Cc2noc(-c3cnsc3)c2CN1C. The van der Waals surface area contributed by atoms with E-state index in [2.05, 4.69) is 28.4 Å². The predicted octanol–water partition coefficient (Wildman–Crippen LogP) is 2.17. The largest absolute Gasteiger partial charge is 0.356 e. The molecule has 3 heterocycles. The first-order valence-corrected chi connectivity index (χ1v) is 6.17. The highest BCUT2D eigenvalue weighted by atomic mass is 32.1. The first-order chi connectivity index (χ1) is 7.75. The zero-order chi connectivity index (χ0) is 11.1. The van der Waals surface area contributed by atoms with Crippen molar-refractivity contribution in [1.29, 1.82) is 0 Å². The first kappa shape index (κ1) is 9.99. The molecular formula is C11H13N3OS. The van der Waals surface area contributed by atoms with Crippen molar-refractivity contribution >= 4 is 11.5 Å². The highest BCUT2D eigenvalue weighted by molar-refractivity contribution is 7.03. The lowest BCUT2D eigenvalue weighted by Crippen LogP contribution is -2.34. The third kappa shape index (κ3) is 1.47. The van der Waals surface area contributed by atoms with Gasteiger partial charge in [-0.3, -0.25) is 4.90 Å². The zero-order valence-corrected chi connectivity index (χ0v) is 10.1. The van der Waals surface area contributed by atoms with Crippen LogP contribution in [-0.2, 0) is 13.0 Å². The van der Waals surface area contributed by atoms with Crippen molar-refractivity contribution in [3.8, 4) is 11.3 Å². The van der Waals surface area contributed by atoms with E-state index in [9.17, 15) is 0 Å². The van der Waals surface area contributed by atoms with Gasteiger partial charge in [-0.05, 0) is 25.5 Å². The molecular weight excluding hydrogens is 222 g/mol. The molecule has 2 aromatic heterocycles. The van der Waals surface area contributed by atoms with Gasteiger partial charge in [-0.25, -0.2) is 4.37 Å². The van der Waals surface area contributed by atoms with Gasteiger partial charge in [0.25, 0.3) is 0 Å². The van der Waals surface area contributed by atoms with Crippen molar-refractivity contribution in [2.24, 2.45) is 0 Å². The van der Waals surface area contributed by atoms with Crippen LogP contribution >= 0.6 is 11.5 Å². The molecule has 0 radical (unpaired) electrons. The van der Waals surface area contributed by atoms with Crippen LogP contribution in [0.3, 0.4) is 0 Å². The Morgan fingerprint density at radius 3 is 3.19 bits per heavy atom. The van der Waals surface area contributed by atoms with E-state index >= 15 is 0 Å². The second-order valence-electron chi connectivity index (χ2n) is 4.32. The average molecular weight is 235 g/mol. The Balaban J connectivity index is 2.05. The number of hydrogen-bond acceptors (Lipinski definition) is 5. The van der Waals surface area contributed by atoms with Crippen molar-refractivity contribution in [3.63, 3.8) is 0 Å². The van der Waals surface area contributed by atoms with E-state index in [1.54, 1.807) is 0 Å². The number of nitrogens with zero attached hydrogens (tertiary/aromatic N) is 3. The molecule has 0 saturated carbocycles. The van der Waals surface area contributed by atoms with Gasteiger partial charge in [0.15, 0.2) is 5.76 Å². The van der Waals surface area contributed by atoms with Crippen LogP contribution < -0.4 is 0 Å². The van der Waals surface area contributed by atoms with Crippen molar-refractivity contribution in [3.05, 3.63) is 22.8 Å². The summed E-state index contributed by atoms with van der Waals surface area (Å²) >= 11 is 1.44. The van der Waals surface area contributed by atoms with E-state index in [4.69, 9.17) is 4.52 Å². The molecule has 0 aliphatic carbocycles. The smallest absolute Gasteiger partial charge is 0.174 e. The molecule has 4 nitrogen and oxygen atoms in total. The number of rotatable bonds is 1. The molecule has 0 aromatic carbocycles. The fraction of sp³-hybridized carbons (Fsp3) is 0.455. The normalized spacial score (nSPS) is 21.0. The van der Waals surface area contributed by atoms with Gasteiger partial charge >= 0.3 is 0 Å². The monoisotopic (exact) mass is 235 g/mol. The van der Waals surface area contributed by atoms with Gasteiger partial charge in [0, 0.05) is 30.0 Å². The summed E-state index contributed by atoms with van der Waals surface area (Å²) in [6.45, 7) is 3.12. The van der Waals surface area contributed by atoms with Crippen LogP contribution in [0.4, 0.5) is 0 Å². The van der Waals surface area contributed by atoms with Crippen molar-refractivity contribution in [1.82, 2.24) is 14.4 Å². The second-order valence-corrected chi connectivity index (χ2v) is 4.98. The summed E-state index contributed by atoms with van der Waals surface area (Å²) in [5.41, 5.74) is 3.37. The fourth-order valence-electron chi connectivity index (χ4n) is 2.05. The third-order valence-electron chi connectivity index (χ3n) is 3.21. The van der Waals surface area contributed by atoms with E-state index < -0.39 is 0 Å². The molecule has 84 valence electrons. The highest BCUT2D eigenvalue weighted by Crippen LogP contribution is 2.31. The Labute approximate surface area is 98.0 Å². The molecule has 0 saturated heterocycles. The molecule has 0 spiro atoms. The van der Waals surface area contributed by atoms with Gasteiger partial charge in [-0.1, -0.05) is 5.16 Å². The summed E-state index contributed by atoms with van der Waals surface area (Å²) in [6, 6.07) is 0.533. The van der Waals surface area contributed by atoms with Crippen molar-refractivity contribution in [2.45, 2.75) is 25.9 Å². The topological polar surface area (TPSA) is 42.2 Å². The van der Waals surface area contributed by atoms with Gasteiger partial charge in [-0.15, -0.1) is 0 Å². The molecule has 0 N–H and O–H groups in total. The maximum atomic E-state index is 5.45. The number of hydrogen-bond donors (Lipinski definition) is 0. The van der Waals surface area contributed by atoms with Gasteiger partial charge in [-0.2, -0.15) is 0 Å². The van der Waals surface area contributed by atoms with Crippen molar-refractivity contribution in [2.75, 3.05) is 7.05 Å². The van der Waals surface area contributed by atoms with Crippen LogP contribution in [0.25, 0.3) is 11.3 Å². The Hall–Kier alpha value is -1.20. The van der Waals surface area contributed by atoms with Crippen LogP contribution in [0.5, 0.6) is 0 Å². The molecule has 16 heavy (non-hydrogen) atoms. The summed E-state index contributed by atoms with van der Waals surface area (Å²) in [5, 5.41) is 6.17. The zero-order valence-electron chi connectivity index (χ0n) is 9.30. The predicted molar refractivity (Wildman–Crippen MR) is 62.2 cm³/mol. The van der Waals surface area contributed by atoms with Crippen LogP contribution in [0.1, 0.15) is 18.2 Å². The molecule has 1 atom stereocenters. The van der Waals surface area contributed by atoms with E-state index in [1.807, 2.05) is 11.6 Å². The maximum Gasteiger partial charge on any atom is 0.174 e. The minimum atomic E-state index is 0.533. The van der Waals surface area contributed by atoms with E-state index in [0.29, 0.717) is 6.04 Å². The van der Waals surface area contributed by atoms with Gasteiger partial charge in [0.2, 0.25) is 0 Å². The standard InChI is InChI=1S/C11H13N3OS/c1-7-3-10-9(5-14(7)2)11(15-13-10)8-4-12-16-6-8/h4,6-7H,3,5H2,1-2H3/t7-/m0/s1. The lowest BCUT2D eigenvalue weighted by atomic mass is 9.99. The van der Waals surface area contributed by atoms with Crippen LogP contribution in [0, 0.1) is 0 Å². The Kier molecular flexibility index (Phi) is 2.29. The molecule has 0 unspecified atom stereocenters. The molecule has 0 amide bonds. The third-order valence-corrected chi connectivity index (χ3v) is 3.80. The first-order valence-electron chi connectivity index (χ1n) is 5.33. The summed E-state index contributed by atoms with van der Waals surface area (Å²) in [6.07, 6.45) is 2.80. The highest BCUT2D eigenvalue weighted by Gasteiger charge is 2.27. The summed E-state index contributed by atoms with van der Waals surface area (Å²) < 4.78 is 9.55. The lowest BCUT2D eigenvalue weighted by molar-refractivity contribution is 0.230. The summed E-state index contributed by atoms with van der Waals surface area (Å²) in [5.74, 6) is 0.891. The second kappa shape index (κ2) is 3.68. The van der Waals surface area contributed by atoms with E-state index in [-0.39, 0.29) is 0 Å². The van der Waals surface area contributed by atoms with E-state index in [1.165, 1.54) is 17.1 Å². The van der Waals surface area contributed by atoms with Gasteiger partial charge < -0.3 is 4.52 Å². The number of fused-ring (bicyclic) bond motifs is 1. The molecule has 2 aromatic rings. The Morgan fingerprint density at radius 1 is 1.56 bits per heavy atom. The average Bonchev–Trinajstić information content (AvgIpc) is 2.87. The van der Waals surface area contributed by atoms with Crippen LogP contribution in [0.15, 0.2) is 16.1 Å². The molecule has 0 bridgehead atoms. The van der Waals surface area contributed by atoms with E-state index in [0.717, 1.165) is 30.0 Å².